The number of nitrogens with zero attached hydrogens (tertiary/aromatic N) is 3. The van der Waals surface area contributed by atoms with Crippen LogP contribution in [-0.2, 0) is 11.2 Å². The highest BCUT2D eigenvalue weighted by Crippen LogP contribution is 2.24. The van der Waals surface area contributed by atoms with Crippen LogP contribution in [0.5, 0.6) is 0 Å². The number of aryl methyl sites for hydroxylation is 2. The van der Waals surface area contributed by atoms with Gasteiger partial charge in [-0.3, -0.25) is 10.1 Å². The Morgan fingerprint density at radius 3 is 2.61 bits per heavy atom. The fraction of sp³-hybridized carbons (Fsp3) is 0.176. The van der Waals surface area contributed by atoms with Crippen LogP contribution >= 0.6 is 0 Å². The molecule has 1 aromatic carbocycles. The van der Waals surface area contributed by atoms with Crippen LogP contribution in [0.4, 0.5) is 5.95 Å². The number of carbonyl (C=O) groups is 1. The number of carbonyl (C=O) groups excluding carboxylic acids is 1. The molecule has 0 aliphatic rings. The van der Waals surface area contributed by atoms with Crippen LogP contribution in [-0.4, -0.2) is 20.9 Å². The molecule has 0 atom stereocenters. The summed E-state index contributed by atoms with van der Waals surface area (Å²) >= 11 is 0. The van der Waals surface area contributed by atoms with Crippen LogP contribution in [0, 0.1) is 13.8 Å². The molecule has 0 fully saturated rings. The maximum Gasteiger partial charge on any atom is 0.232 e. The van der Waals surface area contributed by atoms with Crippen LogP contribution in [0.1, 0.15) is 17.0 Å². The molecule has 0 aliphatic carbocycles. The first-order chi connectivity index (χ1) is 11.1. The molecule has 1 amide bonds. The van der Waals surface area contributed by atoms with Gasteiger partial charge in [-0.2, -0.15) is 0 Å². The molecule has 2 aromatic heterocycles. The second kappa shape index (κ2) is 6.39. The van der Waals surface area contributed by atoms with Gasteiger partial charge in [0.25, 0.3) is 0 Å². The Morgan fingerprint density at radius 2 is 1.87 bits per heavy atom. The lowest BCUT2D eigenvalue weighted by molar-refractivity contribution is -0.115. The number of rotatable bonds is 4. The Labute approximate surface area is 133 Å². The van der Waals surface area contributed by atoms with Crippen molar-refractivity contribution in [3.05, 3.63) is 59.7 Å². The minimum absolute atomic E-state index is 0.111. The Hall–Kier alpha value is -3.02. The zero-order valence-corrected chi connectivity index (χ0v) is 12.9. The molecule has 0 radical (unpaired) electrons. The van der Waals surface area contributed by atoms with Crippen molar-refractivity contribution in [2.45, 2.75) is 20.3 Å². The lowest BCUT2D eigenvalue weighted by Gasteiger charge is -2.01. The van der Waals surface area contributed by atoms with Gasteiger partial charge in [-0.25, -0.2) is 15.0 Å². The van der Waals surface area contributed by atoms with Crippen molar-refractivity contribution in [2.24, 2.45) is 0 Å². The van der Waals surface area contributed by atoms with Crippen LogP contribution in [0.15, 0.2) is 47.1 Å². The van der Waals surface area contributed by atoms with Crippen LogP contribution < -0.4 is 5.32 Å². The number of hydrogen-bond donors (Lipinski definition) is 1. The predicted molar refractivity (Wildman–Crippen MR) is 85.8 cm³/mol. The summed E-state index contributed by atoms with van der Waals surface area (Å²) in [5.41, 5.74) is 2.60. The van der Waals surface area contributed by atoms with Crippen LogP contribution in [0.2, 0.25) is 0 Å². The molecule has 1 N–H and O–H groups in total. The summed E-state index contributed by atoms with van der Waals surface area (Å²) in [5.74, 6) is 1.20. The van der Waals surface area contributed by atoms with Crippen molar-refractivity contribution in [2.75, 3.05) is 5.32 Å². The van der Waals surface area contributed by atoms with Gasteiger partial charge in [0.05, 0.1) is 12.1 Å². The van der Waals surface area contributed by atoms with E-state index in [0.717, 1.165) is 11.1 Å². The molecule has 23 heavy (non-hydrogen) atoms. The number of amides is 1. The molecule has 3 rings (SSSR count). The van der Waals surface area contributed by atoms with E-state index in [1.165, 1.54) is 0 Å². The smallest absolute Gasteiger partial charge is 0.232 e. The van der Waals surface area contributed by atoms with E-state index in [9.17, 15) is 4.79 Å². The van der Waals surface area contributed by atoms with E-state index in [4.69, 9.17) is 4.42 Å². The Balaban J connectivity index is 1.77. The number of aromatic nitrogens is 3. The van der Waals surface area contributed by atoms with E-state index in [1.807, 2.05) is 31.2 Å². The summed E-state index contributed by atoms with van der Waals surface area (Å²) in [6.07, 6.45) is 3.25. The third-order valence-electron chi connectivity index (χ3n) is 3.41. The minimum Gasteiger partial charge on any atom is -0.441 e. The van der Waals surface area contributed by atoms with Crippen LogP contribution in [0.25, 0.3) is 11.5 Å². The monoisotopic (exact) mass is 308 g/mol. The molecular weight excluding hydrogens is 292 g/mol. The maximum absolute atomic E-state index is 12.1. The first kappa shape index (κ1) is 14.9. The molecule has 0 bridgehead atoms. The molecule has 0 saturated carbocycles. The maximum atomic E-state index is 12.1. The first-order valence-electron chi connectivity index (χ1n) is 7.22. The minimum atomic E-state index is -0.232. The predicted octanol–water partition coefficient (Wildman–Crippen LogP) is 2.93. The van der Waals surface area contributed by atoms with Gasteiger partial charge in [-0.05, 0) is 31.5 Å². The van der Waals surface area contributed by atoms with Gasteiger partial charge in [0, 0.05) is 18.0 Å². The molecule has 0 unspecified atom stereocenters. The molecule has 0 aliphatic heterocycles. The topological polar surface area (TPSA) is 80.9 Å². The van der Waals surface area contributed by atoms with Gasteiger partial charge in [-0.1, -0.05) is 18.2 Å². The van der Waals surface area contributed by atoms with Crippen molar-refractivity contribution in [3.8, 4) is 11.5 Å². The number of benzene rings is 1. The van der Waals surface area contributed by atoms with Crippen LogP contribution in [0.3, 0.4) is 0 Å². The summed E-state index contributed by atoms with van der Waals surface area (Å²) in [4.78, 5) is 24.4. The highest BCUT2D eigenvalue weighted by Gasteiger charge is 2.16. The van der Waals surface area contributed by atoms with E-state index >= 15 is 0 Å². The van der Waals surface area contributed by atoms with E-state index in [0.29, 0.717) is 17.3 Å². The van der Waals surface area contributed by atoms with Crippen molar-refractivity contribution >= 4 is 11.9 Å². The highest BCUT2D eigenvalue weighted by atomic mass is 16.4. The lowest BCUT2D eigenvalue weighted by Crippen LogP contribution is -2.16. The second-order valence-electron chi connectivity index (χ2n) is 5.13. The molecule has 0 spiro atoms. The average Bonchev–Trinajstić information content (AvgIpc) is 2.89. The largest absolute Gasteiger partial charge is 0.441 e. The van der Waals surface area contributed by atoms with Gasteiger partial charge in [0.15, 0.2) is 0 Å². The first-order valence-corrected chi connectivity index (χ1v) is 7.22. The zero-order valence-electron chi connectivity index (χ0n) is 12.9. The van der Waals surface area contributed by atoms with Crippen molar-refractivity contribution in [1.82, 2.24) is 15.0 Å². The molecule has 2 heterocycles. The fourth-order valence-corrected chi connectivity index (χ4v) is 2.20. The molecule has 0 saturated heterocycles. The summed E-state index contributed by atoms with van der Waals surface area (Å²) in [7, 11) is 0. The zero-order chi connectivity index (χ0) is 16.2. The average molecular weight is 308 g/mol. The van der Waals surface area contributed by atoms with Crippen molar-refractivity contribution < 1.29 is 9.21 Å². The third-order valence-corrected chi connectivity index (χ3v) is 3.41. The van der Waals surface area contributed by atoms with Gasteiger partial charge < -0.3 is 4.42 Å². The van der Waals surface area contributed by atoms with E-state index in [2.05, 4.69) is 20.3 Å². The fourth-order valence-electron chi connectivity index (χ4n) is 2.20. The normalized spacial score (nSPS) is 10.5. The standard InChI is InChI=1S/C17H16N4O2/c1-11-6-3-4-7-13(11)16-20-14(12(2)23-16)10-15(22)21-17-18-8-5-9-19-17/h3-9H,10H2,1-2H3,(H,18,19,21,22). The van der Waals surface area contributed by atoms with Gasteiger partial charge in [-0.15, -0.1) is 0 Å². The molecule has 6 nitrogen and oxygen atoms in total. The third kappa shape index (κ3) is 3.42. The highest BCUT2D eigenvalue weighted by molar-refractivity contribution is 5.90. The number of oxazole rings is 1. The van der Waals surface area contributed by atoms with Gasteiger partial charge in [0.2, 0.25) is 17.7 Å². The Bertz CT molecular complexity index is 828. The molecule has 3 aromatic rings. The summed E-state index contributed by atoms with van der Waals surface area (Å²) < 4.78 is 5.71. The summed E-state index contributed by atoms with van der Waals surface area (Å²) in [6.45, 7) is 3.80. The molecule has 116 valence electrons. The van der Waals surface area contributed by atoms with E-state index in [1.54, 1.807) is 25.4 Å². The van der Waals surface area contributed by atoms with Gasteiger partial charge in [0.1, 0.15) is 5.76 Å². The molecule has 6 heteroatoms. The summed E-state index contributed by atoms with van der Waals surface area (Å²) in [5, 5.41) is 2.64. The van der Waals surface area contributed by atoms with Crippen molar-refractivity contribution in [1.29, 1.82) is 0 Å². The SMILES string of the molecule is Cc1ccccc1-c1nc(CC(=O)Nc2ncccn2)c(C)o1. The number of hydrogen-bond acceptors (Lipinski definition) is 5. The molecular formula is C17H16N4O2. The quantitative estimate of drug-likeness (QED) is 0.801. The Morgan fingerprint density at radius 1 is 1.13 bits per heavy atom. The second-order valence-corrected chi connectivity index (χ2v) is 5.13. The van der Waals surface area contributed by atoms with Crippen molar-refractivity contribution in [3.63, 3.8) is 0 Å². The summed E-state index contributed by atoms with van der Waals surface area (Å²) in [6, 6.07) is 9.52. The van der Waals surface area contributed by atoms with Gasteiger partial charge >= 0.3 is 0 Å². The lowest BCUT2D eigenvalue weighted by atomic mass is 10.1. The number of anilines is 1. The number of nitrogens with one attached hydrogen (secondary N) is 1. The van der Waals surface area contributed by atoms with E-state index < -0.39 is 0 Å². The Kier molecular flexibility index (Phi) is 4.14. The van der Waals surface area contributed by atoms with E-state index in [-0.39, 0.29) is 18.3 Å².